The van der Waals surface area contributed by atoms with E-state index in [0.29, 0.717) is 11.3 Å². The maximum atomic E-state index is 13.5. The first-order valence-corrected chi connectivity index (χ1v) is 5.81. The Hall–Kier alpha value is -2.23. The van der Waals surface area contributed by atoms with Gasteiger partial charge in [0, 0.05) is 17.7 Å². The van der Waals surface area contributed by atoms with Crippen LogP contribution < -0.4 is 5.73 Å². The van der Waals surface area contributed by atoms with Crippen LogP contribution in [-0.4, -0.2) is 5.78 Å². The second-order valence-corrected chi connectivity index (χ2v) is 4.39. The van der Waals surface area contributed by atoms with E-state index >= 15 is 0 Å². The molecule has 0 heterocycles. The Labute approximate surface area is 109 Å². The highest BCUT2D eigenvalue weighted by Gasteiger charge is 2.14. The number of Topliss-reactive ketones (excluding diaryl/α,β-unsaturated/α-hetero) is 1. The standard InChI is InChI=1S/C15H13F2NO/c1-9-7-11(18)5-6-12(9)14(19)8-10-3-2-4-13(16)15(10)17/h2-7H,8,18H2,1H3. The zero-order chi connectivity index (χ0) is 14.0. The van der Waals surface area contributed by atoms with E-state index in [9.17, 15) is 13.6 Å². The smallest absolute Gasteiger partial charge is 0.167 e. The summed E-state index contributed by atoms with van der Waals surface area (Å²) in [5, 5.41) is 0. The third kappa shape index (κ3) is 2.78. The fourth-order valence-corrected chi connectivity index (χ4v) is 1.95. The second-order valence-electron chi connectivity index (χ2n) is 4.39. The van der Waals surface area contributed by atoms with Crippen LogP contribution in [0.15, 0.2) is 36.4 Å². The van der Waals surface area contributed by atoms with E-state index in [1.807, 2.05) is 0 Å². The number of aryl methyl sites for hydroxylation is 1. The maximum Gasteiger partial charge on any atom is 0.167 e. The highest BCUT2D eigenvalue weighted by atomic mass is 19.2. The number of ketones is 1. The highest BCUT2D eigenvalue weighted by molar-refractivity contribution is 5.99. The molecule has 4 heteroatoms. The molecule has 2 aromatic rings. The van der Waals surface area contributed by atoms with Gasteiger partial charge in [-0.1, -0.05) is 12.1 Å². The number of carbonyl (C=O) groups is 1. The fourth-order valence-electron chi connectivity index (χ4n) is 1.95. The molecule has 0 aliphatic heterocycles. The van der Waals surface area contributed by atoms with E-state index in [1.54, 1.807) is 25.1 Å². The Kier molecular flexibility index (Phi) is 3.60. The molecule has 19 heavy (non-hydrogen) atoms. The molecule has 0 aliphatic carbocycles. The zero-order valence-corrected chi connectivity index (χ0v) is 10.4. The predicted molar refractivity (Wildman–Crippen MR) is 70.0 cm³/mol. The molecule has 98 valence electrons. The molecular formula is C15H13F2NO. The molecule has 0 spiro atoms. The van der Waals surface area contributed by atoms with Gasteiger partial charge in [-0.15, -0.1) is 0 Å². The average Bonchev–Trinajstić information content (AvgIpc) is 2.34. The SMILES string of the molecule is Cc1cc(N)ccc1C(=O)Cc1cccc(F)c1F. The zero-order valence-electron chi connectivity index (χ0n) is 10.4. The minimum Gasteiger partial charge on any atom is -0.399 e. The van der Waals surface area contributed by atoms with Crippen molar-refractivity contribution in [2.45, 2.75) is 13.3 Å². The van der Waals surface area contributed by atoms with Crippen molar-refractivity contribution in [2.75, 3.05) is 5.73 Å². The van der Waals surface area contributed by atoms with Gasteiger partial charge in [0.2, 0.25) is 0 Å². The maximum absolute atomic E-state index is 13.5. The normalized spacial score (nSPS) is 10.5. The van der Waals surface area contributed by atoms with Crippen LogP contribution in [0.3, 0.4) is 0 Å². The molecule has 2 N–H and O–H groups in total. The van der Waals surface area contributed by atoms with Crippen LogP contribution in [0.5, 0.6) is 0 Å². The van der Waals surface area contributed by atoms with Crippen molar-refractivity contribution in [3.05, 3.63) is 64.7 Å². The molecular weight excluding hydrogens is 248 g/mol. The van der Waals surface area contributed by atoms with Crippen molar-refractivity contribution < 1.29 is 13.6 Å². The monoisotopic (exact) mass is 261 g/mol. The van der Waals surface area contributed by atoms with Gasteiger partial charge in [0.25, 0.3) is 0 Å². The molecule has 0 radical (unpaired) electrons. The third-order valence-corrected chi connectivity index (χ3v) is 2.93. The van der Waals surface area contributed by atoms with Gasteiger partial charge in [-0.2, -0.15) is 0 Å². The van der Waals surface area contributed by atoms with E-state index in [0.717, 1.165) is 11.6 Å². The predicted octanol–water partition coefficient (Wildman–Crippen LogP) is 3.28. The number of benzene rings is 2. The van der Waals surface area contributed by atoms with Gasteiger partial charge in [-0.25, -0.2) is 8.78 Å². The molecule has 0 amide bonds. The fraction of sp³-hybridized carbons (Fsp3) is 0.133. The van der Waals surface area contributed by atoms with E-state index in [4.69, 9.17) is 5.73 Å². The van der Waals surface area contributed by atoms with Gasteiger partial charge in [0.1, 0.15) is 0 Å². The van der Waals surface area contributed by atoms with Crippen LogP contribution in [0.1, 0.15) is 21.5 Å². The Morgan fingerprint density at radius 2 is 1.95 bits per heavy atom. The number of halogens is 2. The topological polar surface area (TPSA) is 43.1 Å². The lowest BCUT2D eigenvalue weighted by Gasteiger charge is -2.07. The van der Waals surface area contributed by atoms with Gasteiger partial charge >= 0.3 is 0 Å². The first-order valence-electron chi connectivity index (χ1n) is 5.81. The molecule has 0 saturated heterocycles. The van der Waals surface area contributed by atoms with E-state index < -0.39 is 11.6 Å². The Balaban J connectivity index is 2.28. The number of hydrogen-bond donors (Lipinski definition) is 1. The Bertz CT molecular complexity index is 638. The van der Waals surface area contributed by atoms with Crippen molar-refractivity contribution in [1.29, 1.82) is 0 Å². The third-order valence-electron chi connectivity index (χ3n) is 2.93. The summed E-state index contributed by atoms with van der Waals surface area (Å²) in [6, 6.07) is 8.71. The van der Waals surface area contributed by atoms with E-state index in [2.05, 4.69) is 0 Å². The van der Waals surface area contributed by atoms with Crippen molar-refractivity contribution >= 4 is 11.5 Å². The molecule has 2 aromatic carbocycles. The molecule has 0 aliphatic rings. The summed E-state index contributed by atoms with van der Waals surface area (Å²) in [6.07, 6.45) is -0.172. The van der Waals surface area contributed by atoms with Crippen LogP contribution in [0.25, 0.3) is 0 Å². The number of nitrogen functional groups attached to an aromatic ring is 1. The van der Waals surface area contributed by atoms with Gasteiger partial charge in [-0.3, -0.25) is 4.79 Å². The van der Waals surface area contributed by atoms with E-state index in [1.165, 1.54) is 12.1 Å². The molecule has 0 unspecified atom stereocenters. The lowest BCUT2D eigenvalue weighted by Crippen LogP contribution is -2.08. The van der Waals surface area contributed by atoms with Crippen molar-refractivity contribution in [2.24, 2.45) is 0 Å². The molecule has 0 saturated carbocycles. The van der Waals surface area contributed by atoms with Crippen LogP contribution in [0.2, 0.25) is 0 Å². The van der Waals surface area contributed by atoms with Gasteiger partial charge in [0.05, 0.1) is 0 Å². The van der Waals surface area contributed by atoms with Crippen LogP contribution in [-0.2, 0) is 6.42 Å². The Morgan fingerprint density at radius 1 is 1.21 bits per heavy atom. The molecule has 2 rings (SSSR count). The van der Waals surface area contributed by atoms with Gasteiger partial charge < -0.3 is 5.73 Å². The molecule has 0 bridgehead atoms. The minimum atomic E-state index is -0.969. The molecule has 2 nitrogen and oxygen atoms in total. The van der Waals surface area contributed by atoms with E-state index in [-0.39, 0.29) is 17.8 Å². The largest absolute Gasteiger partial charge is 0.399 e. The van der Waals surface area contributed by atoms with Crippen LogP contribution in [0.4, 0.5) is 14.5 Å². The molecule has 0 aromatic heterocycles. The first-order chi connectivity index (χ1) is 8.99. The summed E-state index contributed by atoms with van der Waals surface area (Å²) >= 11 is 0. The van der Waals surface area contributed by atoms with Crippen LogP contribution >= 0.6 is 0 Å². The minimum absolute atomic E-state index is 0.0567. The summed E-state index contributed by atoms with van der Waals surface area (Å²) < 4.78 is 26.6. The number of nitrogens with two attached hydrogens (primary N) is 1. The summed E-state index contributed by atoms with van der Waals surface area (Å²) in [4.78, 5) is 12.1. The van der Waals surface area contributed by atoms with Gasteiger partial charge in [-0.05, 0) is 42.3 Å². The quantitative estimate of drug-likeness (QED) is 0.680. The second kappa shape index (κ2) is 5.18. The van der Waals surface area contributed by atoms with Crippen molar-refractivity contribution in [3.63, 3.8) is 0 Å². The average molecular weight is 261 g/mol. The van der Waals surface area contributed by atoms with Crippen molar-refractivity contribution in [3.8, 4) is 0 Å². The summed E-state index contributed by atoms with van der Waals surface area (Å²) in [5.41, 5.74) is 7.42. The first kappa shape index (κ1) is 13.2. The van der Waals surface area contributed by atoms with Crippen LogP contribution in [0, 0.1) is 18.6 Å². The molecule has 0 atom stereocenters. The number of rotatable bonds is 3. The summed E-state index contributed by atoms with van der Waals surface area (Å²) in [6.45, 7) is 1.76. The highest BCUT2D eigenvalue weighted by Crippen LogP contribution is 2.17. The Morgan fingerprint density at radius 3 is 2.63 bits per heavy atom. The lowest BCUT2D eigenvalue weighted by molar-refractivity contribution is 0.0991. The van der Waals surface area contributed by atoms with Gasteiger partial charge in [0.15, 0.2) is 17.4 Å². The summed E-state index contributed by atoms with van der Waals surface area (Å²) in [7, 11) is 0. The summed E-state index contributed by atoms with van der Waals surface area (Å²) in [5.74, 6) is -2.18. The molecule has 0 fully saturated rings. The number of carbonyl (C=O) groups excluding carboxylic acids is 1. The lowest BCUT2D eigenvalue weighted by atomic mass is 9.98. The number of hydrogen-bond acceptors (Lipinski definition) is 2. The van der Waals surface area contributed by atoms with Crippen molar-refractivity contribution in [1.82, 2.24) is 0 Å². The number of anilines is 1.